The number of hydrogen-bond acceptors (Lipinski definition) is 11. The van der Waals surface area contributed by atoms with Crippen LogP contribution in [0.3, 0.4) is 0 Å². The maximum absolute atomic E-state index is 15.4. The first kappa shape index (κ1) is 37.1. The number of esters is 1. The van der Waals surface area contributed by atoms with Gasteiger partial charge in [0.1, 0.15) is 35.1 Å². The van der Waals surface area contributed by atoms with Gasteiger partial charge in [-0.05, 0) is 83.4 Å². The van der Waals surface area contributed by atoms with Gasteiger partial charge in [-0.15, -0.1) is 0 Å². The smallest absolute Gasteiger partial charge is 0.459 e. The predicted octanol–water partition coefficient (Wildman–Crippen LogP) is 4.63. The fourth-order valence-corrected chi connectivity index (χ4v) is 6.75. The van der Waals surface area contributed by atoms with Crippen LogP contribution in [0.25, 0.3) is 0 Å². The summed E-state index contributed by atoms with van der Waals surface area (Å²) in [6, 6.07) is 12.6. The first-order valence-corrected chi connectivity index (χ1v) is 17.4. The molecule has 1 saturated heterocycles. The van der Waals surface area contributed by atoms with Gasteiger partial charge in [0, 0.05) is 11.8 Å². The summed E-state index contributed by atoms with van der Waals surface area (Å²) in [6.07, 6.45) is -4.64. The first-order valence-electron chi connectivity index (χ1n) is 15.9. The molecule has 3 aromatic rings. The van der Waals surface area contributed by atoms with E-state index in [1.54, 1.807) is 50.2 Å². The quantitative estimate of drug-likeness (QED) is 0.175. The van der Waals surface area contributed by atoms with Crippen LogP contribution in [0.15, 0.2) is 65.6 Å². The molecule has 3 N–H and O–H groups in total. The molecule has 2 unspecified atom stereocenters. The van der Waals surface area contributed by atoms with Crippen molar-refractivity contribution in [1.29, 1.82) is 0 Å². The molecule has 2 aromatic carbocycles. The topological polar surface area (TPSA) is 177 Å². The van der Waals surface area contributed by atoms with Gasteiger partial charge in [0.25, 0.3) is 5.91 Å². The van der Waals surface area contributed by atoms with E-state index in [1.807, 2.05) is 13.8 Å². The molecule has 0 radical (unpaired) electrons. The van der Waals surface area contributed by atoms with Gasteiger partial charge >= 0.3 is 25.3 Å². The number of fused-ring (bicyclic) bond motifs is 1. The normalized spacial score (nSPS) is 22.5. The number of carbonyl (C=O) groups excluding carboxylic acids is 2. The molecule has 50 heavy (non-hydrogen) atoms. The third kappa shape index (κ3) is 8.56. The highest BCUT2D eigenvalue weighted by molar-refractivity contribution is 7.52. The Morgan fingerprint density at radius 1 is 1.14 bits per heavy atom. The number of halogens is 2. The molecular weight excluding hydrogens is 681 g/mol. The molecule has 1 fully saturated rings. The Morgan fingerprint density at radius 3 is 2.54 bits per heavy atom. The summed E-state index contributed by atoms with van der Waals surface area (Å²) in [5.41, 5.74) is -0.424. The average molecular weight is 721 g/mol. The molecule has 270 valence electrons. The minimum Gasteiger partial charge on any atom is -0.488 e. The van der Waals surface area contributed by atoms with E-state index in [4.69, 9.17) is 23.3 Å². The fraction of sp³-hybridized carbons (Fsp3) is 0.455. The number of ether oxygens (including phenoxy) is 3. The van der Waals surface area contributed by atoms with Gasteiger partial charge in [0.05, 0.1) is 12.7 Å². The predicted molar refractivity (Wildman–Crippen MR) is 175 cm³/mol. The lowest BCUT2D eigenvalue weighted by molar-refractivity contribution is -0.149. The number of hydrogen-bond donors (Lipinski definition) is 3. The lowest BCUT2D eigenvalue weighted by Gasteiger charge is -2.32. The van der Waals surface area contributed by atoms with Crippen molar-refractivity contribution in [2.45, 2.75) is 89.6 Å². The van der Waals surface area contributed by atoms with Crippen molar-refractivity contribution < 1.29 is 51.3 Å². The second kappa shape index (κ2) is 14.6. The number of aliphatic hydroxyl groups is 1. The zero-order valence-electron chi connectivity index (χ0n) is 28.0. The lowest BCUT2D eigenvalue weighted by atomic mass is 9.93. The van der Waals surface area contributed by atoms with Crippen LogP contribution in [-0.2, 0) is 29.8 Å². The molecule has 2 aliphatic rings. The van der Waals surface area contributed by atoms with Gasteiger partial charge < -0.3 is 29.2 Å². The molecule has 17 heteroatoms. The maximum Gasteiger partial charge on any atom is 0.459 e. The van der Waals surface area contributed by atoms with E-state index in [1.165, 1.54) is 19.1 Å². The van der Waals surface area contributed by atoms with Crippen molar-refractivity contribution in [1.82, 2.24) is 14.6 Å². The highest BCUT2D eigenvalue weighted by Crippen LogP contribution is 2.48. The summed E-state index contributed by atoms with van der Waals surface area (Å²) < 4.78 is 72.3. The molecule has 2 aliphatic heterocycles. The minimum atomic E-state index is -4.49. The van der Waals surface area contributed by atoms with Crippen LogP contribution in [0.4, 0.5) is 14.6 Å². The zero-order chi connectivity index (χ0) is 36.4. The molecule has 5 rings (SSSR count). The van der Waals surface area contributed by atoms with E-state index < -0.39 is 74.0 Å². The van der Waals surface area contributed by atoms with Crippen molar-refractivity contribution in [3.63, 3.8) is 0 Å². The van der Waals surface area contributed by atoms with Crippen LogP contribution < -0.4 is 25.4 Å². The number of amides is 1. The van der Waals surface area contributed by atoms with E-state index in [2.05, 4.69) is 15.4 Å². The third-order valence-corrected chi connectivity index (χ3v) is 9.49. The number of alkyl halides is 2. The van der Waals surface area contributed by atoms with Crippen LogP contribution in [0.5, 0.6) is 11.5 Å². The van der Waals surface area contributed by atoms with Gasteiger partial charge in [0.2, 0.25) is 6.23 Å². The van der Waals surface area contributed by atoms with Crippen LogP contribution in [0.1, 0.15) is 63.2 Å². The number of carbonyl (C=O) groups is 2. The molecule has 5 atom stereocenters. The van der Waals surface area contributed by atoms with Crippen LogP contribution >= 0.6 is 7.75 Å². The highest BCUT2D eigenvalue weighted by Gasteiger charge is 2.60. The number of benzene rings is 2. The summed E-state index contributed by atoms with van der Waals surface area (Å²) in [4.78, 5) is 42.0. The number of aromatic nitrogens is 2. The van der Waals surface area contributed by atoms with Gasteiger partial charge in [0.15, 0.2) is 6.10 Å². The Kier molecular flexibility index (Phi) is 10.8. The second-order valence-electron chi connectivity index (χ2n) is 12.8. The first-order chi connectivity index (χ1) is 23.5. The molecule has 1 aromatic heterocycles. The van der Waals surface area contributed by atoms with Gasteiger partial charge in [-0.2, -0.15) is 18.9 Å². The summed E-state index contributed by atoms with van der Waals surface area (Å²) in [5, 5.41) is 15.4. The zero-order valence-corrected chi connectivity index (χ0v) is 28.9. The summed E-state index contributed by atoms with van der Waals surface area (Å²) in [5.74, 6) is -5.02. The number of nitrogens with one attached hydrogen (secondary N) is 2. The van der Waals surface area contributed by atoms with E-state index in [0.29, 0.717) is 10.3 Å². The molecular formula is C33H39F2N4O10P. The van der Waals surface area contributed by atoms with E-state index in [-0.39, 0.29) is 17.1 Å². The average Bonchev–Trinajstić information content (AvgIpc) is 3.26. The number of rotatable bonds is 12. The van der Waals surface area contributed by atoms with Crippen molar-refractivity contribution >= 4 is 25.4 Å². The highest BCUT2D eigenvalue weighted by atomic mass is 31.2. The monoisotopic (exact) mass is 720 g/mol. The van der Waals surface area contributed by atoms with Crippen molar-refractivity contribution in [3.8, 4) is 11.5 Å². The molecule has 3 heterocycles. The maximum atomic E-state index is 15.4. The molecule has 0 bridgehead atoms. The van der Waals surface area contributed by atoms with Crippen LogP contribution in [0.2, 0.25) is 0 Å². The summed E-state index contributed by atoms with van der Waals surface area (Å²) in [6.45, 7) is 7.56. The van der Waals surface area contributed by atoms with E-state index in [9.17, 15) is 24.1 Å². The van der Waals surface area contributed by atoms with E-state index in [0.717, 1.165) is 30.7 Å². The Hall–Kier alpha value is -4.21. The fourth-order valence-electron chi connectivity index (χ4n) is 5.24. The second-order valence-corrected chi connectivity index (χ2v) is 14.5. The van der Waals surface area contributed by atoms with Gasteiger partial charge in [-0.25, -0.2) is 9.36 Å². The molecule has 0 aliphatic carbocycles. The largest absolute Gasteiger partial charge is 0.488 e. The molecule has 1 amide bonds. The summed E-state index contributed by atoms with van der Waals surface area (Å²) >= 11 is 0. The Balaban J connectivity index is 1.28. The minimum absolute atomic E-state index is 0.0672. The van der Waals surface area contributed by atoms with Gasteiger partial charge in [-0.3, -0.25) is 18.7 Å². The van der Waals surface area contributed by atoms with Crippen molar-refractivity contribution in [3.05, 3.63) is 82.4 Å². The van der Waals surface area contributed by atoms with Crippen LogP contribution in [0, 0.1) is 0 Å². The molecule has 14 nitrogen and oxygen atoms in total. The van der Waals surface area contributed by atoms with Crippen molar-refractivity contribution in [2.75, 3.05) is 11.9 Å². The Morgan fingerprint density at radius 2 is 1.86 bits per heavy atom. The lowest BCUT2D eigenvalue weighted by Crippen LogP contribution is -2.42. The Bertz CT molecular complexity index is 1820. The van der Waals surface area contributed by atoms with Gasteiger partial charge in [-0.1, -0.05) is 24.3 Å². The van der Waals surface area contributed by atoms with E-state index >= 15 is 8.78 Å². The number of nitrogens with zero attached hydrogens (tertiary/aromatic N) is 2. The Labute approximate surface area is 286 Å². The standard InChI is InChI=1S/C33H39F2N4O10P/c1-19(2)46-29(42)20(3)38-50(44,49-23-9-7-6-8-10-23)45-18-25-27(40)33(34,35)30(47-25)39-16-14-26(37-31(39)43)36-28(41)22-12-11-21-13-15-32(4,5)48-24(21)17-22/h6-12,14,16-17,19-20,25,27,30,40H,13,15,18H2,1-5H3,(H,38,44)(H,36,37,41,43)/t20-,25-,27-,30?,50?/m1/s1. The number of anilines is 1. The number of aliphatic hydroxyl groups excluding tert-OH is 1. The number of para-hydroxylation sites is 1. The third-order valence-electron chi connectivity index (χ3n) is 7.85. The SMILES string of the molecule is CC(C)OC(=O)[C@@H](C)NP(=O)(OC[C@H]1OC(n2ccc(NC(=O)c3ccc4c(c3)OC(C)(C)CC4)nc2=O)C(F)(F)[C@@H]1O)Oc1ccccc1. The molecule has 0 spiro atoms. The summed E-state index contributed by atoms with van der Waals surface area (Å²) in [7, 11) is -4.49. The van der Waals surface area contributed by atoms with Crippen molar-refractivity contribution in [2.24, 2.45) is 0 Å². The number of aryl methyl sites for hydroxylation is 1. The van der Waals surface area contributed by atoms with Crippen LogP contribution in [-0.4, -0.2) is 69.0 Å². The molecule has 0 saturated carbocycles.